The van der Waals surface area contributed by atoms with Gasteiger partial charge in [-0.15, -0.1) is 0 Å². The first-order valence-corrected chi connectivity index (χ1v) is 12.4. The Morgan fingerprint density at radius 2 is 2.05 bits per heavy atom. The molecule has 0 fully saturated rings. The van der Waals surface area contributed by atoms with Gasteiger partial charge in [0.1, 0.15) is 22.8 Å². The van der Waals surface area contributed by atoms with Crippen LogP contribution in [0.15, 0.2) is 47.0 Å². The molecule has 3 heterocycles. The highest BCUT2D eigenvalue weighted by molar-refractivity contribution is 5.93. The molecule has 200 valence electrons. The smallest absolute Gasteiger partial charge is 0.407 e. The number of ether oxygens (including phenoxy) is 1. The number of fused-ring (bicyclic) bond motifs is 2. The van der Waals surface area contributed by atoms with Crippen LogP contribution in [0.2, 0.25) is 0 Å². The van der Waals surface area contributed by atoms with Crippen LogP contribution < -0.4 is 10.6 Å². The molecular formula is C28H33N5O5. The zero-order valence-electron chi connectivity index (χ0n) is 22.3. The van der Waals surface area contributed by atoms with Crippen LogP contribution in [0, 0.1) is 6.92 Å². The number of amides is 4. The number of hydrogen-bond donors (Lipinski definition) is 2. The molecule has 0 aliphatic carbocycles. The lowest BCUT2D eigenvalue weighted by Crippen LogP contribution is -2.44. The van der Waals surface area contributed by atoms with Gasteiger partial charge in [0.25, 0.3) is 0 Å². The summed E-state index contributed by atoms with van der Waals surface area (Å²) >= 11 is 0. The maximum Gasteiger partial charge on any atom is 0.407 e. The van der Waals surface area contributed by atoms with Crippen molar-refractivity contribution in [1.82, 2.24) is 20.1 Å². The number of hydrogen-bond acceptors (Lipinski definition) is 6. The summed E-state index contributed by atoms with van der Waals surface area (Å²) in [6, 6.07) is 9.39. The first-order valence-electron chi connectivity index (χ1n) is 12.4. The highest BCUT2D eigenvalue weighted by atomic mass is 16.6. The molecule has 0 saturated carbocycles. The second-order valence-electron chi connectivity index (χ2n) is 10.2. The molecule has 0 atom stereocenters. The van der Waals surface area contributed by atoms with E-state index in [1.807, 2.05) is 37.3 Å². The van der Waals surface area contributed by atoms with Crippen LogP contribution in [-0.2, 0) is 22.6 Å². The van der Waals surface area contributed by atoms with Crippen LogP contribution >= 0.6 is 0 Å². The number of alkyl carbamates (subject to hydrolysis) is 1. The number of nitrogens with zero attached hydrogens (tertiary/aromatic N) is 3. The van der Waals surface area contributed by atoms with Crippen LogP contribution in [-0.4, -0.2) is 58.6 Å². The molecule has 0 spiro atoms. The molecule has 1 aromatic carbocycles. The van der Waals surface area contributed by atoms with Crippen molar-refractivity contribution >= 4 is 40.9 Å². The van der Waals surface area contributed by atoms with Crippen molar-refractivity contribution in [3.8, 4) is 0 Å². The predicted octanol–water partition coefficient (Wildman–Crippen LogP) is 4.68. The molecule has 10 heteroatoms. The van der Waals surface area contributed by atoms with Gasteiger partial charge in [-0.05, 0) is 51.5 Å². The topological polar surface area (TPSA) is 117 Å². The van der Waals surface area contributed by atoms with Crippen LogP contribution in [0.3, 0.4) is 0 Å². The van der Waals surface area contributed by atoms with Gasteiger partial charge in [0, 0.05) is 48.9 Å². The van der Waals surface area contributed by atoms with E-state index >= 15 is 0 Å². The Kier molecular flexibility index (Phi) is 7.70. The summed E-state index contributed by atoms with van der Waals surface area (Å²) in [5.41, 5.74) is 2.77. The van der Waals surface area contributed by atoms with Gasteiger partial charge < -0.3 is 24.3 Å². The van der Waals surface area contributed by atoms with E-state index in [0.29, 0.717) is 25.5 Å². The number of aromatic nitrogens is 1. The van der Waals surface area contributed by atoms with Crippen LogP contribution in [0.4, 0.5) is 15.4 Å². The second kappa shape index (κ2) is 11.0. The Balaban J connectivity index is 1.35. The minimum absolute atomic E-state index is 0.175. The number of para-hydroxylation sites is 1. The molecule has 38 heavy (non-hydrogen) atoms. The zero-order chi connectivity index (χ0) is 27.4. The molecule has 2 N–H and O–H groups in total. The Morgan fingerprint density at radius 1 is 1.29 bits per heavy atom. The summed E-state index contributed by atoms with van der Waals surface area (Å²) < 4.78 is 11.1. The van der Waals surface area contributed by atoms with Crippen molar-refractivity contribution in [3.63, 3.8) is 0 Å². The van der Waals surface area contributed by atoms with Crippen molar-refractivity contribution in [3.05, 3.63) is 65.1 Å². The minimum atomic E-state index is -0.594. The standard InChI is InChI=1S/C28H33N5O5/c1-18-21-8-6-7-9-22(21)37-23(18)17-32(5)24(34)11-10-19-14-20-16-33(26(35)31-25(20)30-15-19)13-12-29-27(36)38-28(2,3)4/h6-11,14-15H,12-13,16-17H2,1-5H3,(H,29,36)(H,30,31,35)/b11-10+. The Bertz CT molecular complexity index is 1390. The molecule has 1 aliphatic heterocycles. The highest BCUT2D eigenvalue weighted by Gasteiger charge is 2.24. The third-order valence-corrected chi connectivity index (χ3v) is 6.03. The van der Waals surface area contributed by atoms with Gasteiger partial charge in [-0.3, -0.25) is 10.1 Å². The van der Waals surface area contributed by atoms with Crippen LogP contribution in [0.25, 0.3) is 17.0 Å². The predicted molar refractivity (Wildman–Crippen MR) is 144 cm³/mol. The summed E-state index contributed by atoms with van der Waals surface area (Å²) in [6.07, 6.45) is 4.26. The highest BCUT2D eigenvalue weighted by Crippen LogP contribution is 2.26. The lowest BCUT2D eigenvalue weighted by molar-refractivity contribution is -0.125. The van der Waals surface area contributed by atoms with Gasteiger partial charge in [-0.1, -0.05) is 18.2 Å². The number of likely N-dealkylation sites (N-methyl/N-ethyl adjacent to an activating group) is 1. The van der Waals surface area contributed by atoms with Gasteiger partial charge in [0.15, 0.2) is 0 Å². The maximum absolute atomic E-state index is 12.8. The first kappa shape index (κ1) is 26.7. The number of nitrogens with one attached hydrogen (secondary N) is 2. The average Bonchev–Trinajstić information content (AvgIpc) is 3.16. The fourth-order valence-electron chi connectivity index (χ4n) is 4.06. The summed E-state index contributed by atoms with van der Waals surface area (Å²) in [5.74, 6) is 1.06. The van der Waals surface area contributed by atoms with Gasteiger partial charge in [-0.25, -0.2) is 14.6 Å². The molecule has 0 bridgehead atoms. The molecular weight excluding hydrogens is 486 g/mol. The number of pyridine rings is 1. The fraction of sp³-hybridized carbons (Fsp3) is 0.357. The molecule has 0 radical (unpaired) electrons. The van der Waals surface area contributed by atoms with Crippen molar-refractivity contribution in [2.45, 2.75) is 46.4 Å². The van der Waals surface area contributed by atoms with Crippen molar-refractivity contribution in [2.24, 2.45) is 0 Å². The molecule has 0 unspecified atom stereocenters. The summed E-state index contributed by atoms with van der Waals surface area (Å²) in [4.78, 5) is 44.5. The number of urea groups is 1. The van der Waals surface area contributed by atoms with Gasteiger partial charge >= 0.3 is 12.1 Å². The van der Waals surface area contributed by atoms with E-state index in [-0.39, 0.29) is 18.5 Å². The van der Waals surface area contributed by atoms with Gasteiger partial charge in [0.05, 0.1) is 13.1 Å². The Labute approximate surface area is 221 Å². The maximum atomic E-state index is 12.8. The number of furan rings is 1. The first-order chi connectivity index (χ1) is 18.0. The molecule has 3 aromatic rings. The molecule has 10 nitrogen and oxygen atoms in total. The number of carbonyl (C=O) groups excluding carboxylic acids is 3. The van der Waals surface area contributed by atoms with Gasteiger partial charge in [-0.2, -0.15) is 0 Å². The van der Waals surface area contributed by atoms with Crippen LogP contribution in [0.1, 0.15) is 43.2 Å². The Morgan fingerprint density at radius 3 is 2.79 bits per heavy atom. The normalized spacial score (nSPS) is 13.4. The van der Waals surface area contributed by atoms with E-state index in [0.717, 1.165) is 33.4 Å². The average molecular weight is 520 g/mol. The number of rotatable bonds is 7. The third kappa shape index (κ3) is 6.50. The molecule has 4 rings (SSSR count). The summed E-state index contributed by atoms with van der Waals surface area (Å²) in [6.45, 7) is 8.57. The molecule has 2 aromatic heterocycles. The monoisotopic (exact) mass is 519 g/mol. The van der Waals surface area contributed by atoms with E-state index < -0.39 is 11.7 Å². The number of aryl methyl sites for hydroxylation is 1. The fourth-order valence-corrected chi connectivity index (χ4v) is 4.06. The Hall–Kier alpha value is -4.34. The van der Waals surface area contributed by atoms with E-state index in [2.05, 4.69) is 15.6 Å². The zero-order valence-corrected chi connectivity index (χ0v) is 22.3. The number of anilines is 1. The van der Waals surface area contributed by atoms with Crippen molar-refractivity contribution < 1.29 is 23.5 Å². The number of carbonyl (C=O) groups is 3. The van der Waals surface area contributed by atoms with Gasteiger partial charge in [0.2, 0.25) is 5.91 Å². The molecule has 1 aliphatic rings. The van der Waals surface area contributed by atoms with Crippen molar-refractivity contribution in [2.75, 3.05) is 25.5 Å². The lowest BCUT2D eigenvalue weighted by atomic mass is 10.1. The summed E-state index contributed by atoms with van der Waals surface area (Å²) in [5, 5.41) is 6.46. The number of benzene rings is 1. The molecule has 4 amide bonds. The van der Waals surface area contributed by atoms with Crippen molar-refractivity contribution in [1.29, 1.82) is 0 Å². The van der Waals surface area contributed by atoms with Crippen LogP contribution in [0.5, 0.6) is 0 Å². The second-order valence-corrected chi connectivity index (χ2v) is 10.2. The largest absolute Gasteiger partial charge is 0.459 e. The van der Waals surface area contributed by atoms with E-state index in [1.54, 1.807) is 49.9 Å². The SMILES string of the molecule is Cc1c(CN(C)C(=O)/C=C/c2cnc3c(c2)CN(CCNC(=O)OC(C)(C)C)C(=O)N3)oc2ccccc12. The van der Waals surface area contributed by atoms with E-state index in [4.69, 9.17) is 9.15 Å². The quantitative estimate of drug-likeness (QED) is 0.438. The van der Waals surface area contributed by atoms with E-state index in [9.17, 15) is 14.4 Å². The lowest BCUT2D eigenvalue weighted by Gasteiger charge is -2.29. The van der Waals surface area contributed by atoms with E-state index in [1.165, 1.54) is 6.08 Å². The summed E-state index contributed by atoms with van der Waals surface area (Å²) in [7, 11) is 1.73. The minimum Gasteiger partial charge on any atom is -0.459 e. The third-order valence-electron chi connectivity index (χ3n) is 6.03. The molecule has 0 saturated heterocycles.